The Morgan fingerprint density at radius 3 is 2.14 bits per heavy atom. The van der Waals surface area contributed by atoms with Crippen molar-refractivity contribution in [3.05, 3.63) is 40.5 Å². The smallest absolute Gasteiger partial charge is 0.328 e. The van der Waals surface area contributed by atoms with Crippen LogP contribution in [0.3, 0.4) is 0 Å². The molecule has 0 saturated carbocycles. The van der Waals surface area contributed by atoms with Gasteiger partial charge in [0.15, 0.2) is 0 Å². The molecule has 14 heavy (non-hydrogen) atoms. The van der Waals surface area contributed by atoms with E-state index in [1.807, 2.05) is 20.8 Å². The fourth-order valence-corrected chi connectivity index (χ4v) is 1.61. The van der Waals surface area contributed by atoms with Crippen molar-refractivity contribution in [1.29, 1.82) is 0 Å². The third kappa shape index (κ3) is 2.46. The van der Waals surface area contributed by atoms with Gasteiger partial charge in [-0.3, -0.25) is 0 Å². The van der Waals surface area contributed by atoms with E-state index in [1.54, 1.807) is 6.08 Å². The Morgan fingerprint density at radius 1 is 1.21 bits per heavy atom. The molecule has 0 atom stereocenters. The number of rotatable bonds is 2. The van der Waals surface area contributed by atoms with Crippen LogP contribution in [-0.2, 0) is 4.79 Å². The van der Waals surface area contributed by atoms with Gasteiger partial charge in [-0.05, 0) is 43.5 Å². The van der Waals surface area contributed by atoms with Crippen LogP contribution in [0.15, 0.2) is 18.2 Å². The largest absolute Gasteiger partial charge is 0.478 e. The highest BCUT2D eigenvalue weighted by molar-refractivity contribution is 5.85. The predicted octanol–water partition coefficient (Wildman–Crippen LogP) is 2.71. The normalized spacial score (nSPS) is 10.8. The summed E-state index contributed by atoms with van der Waals surface area (Å²) in [7, 11) is 0. The molecule has 2 nitrogen and oxygen atoms in total. The summed E-state index contributed by atoms with van der Waals surface area (Å²) in [6.45, 7) is 6.01. The first-order valence-electron chi connectivity index (χ1n) is 4.49. The lowest BCUT2D eigenvalue weighted by Gasteiger charge is -2.06. The number of aryl methyl sites for hydroxylation is 3. The van der Waals surface area contributed by atoms with E-state index in [0.29, 0.717) is 0 Å². The first-order chi connectivity index (χ1) is 6.50. The minimum Gasteiger partial charge on any atom is -0.478 e. The molecule has 2 heteroatoms. The Hall–Kier alpha value is -1.57. The summed E-state index contributed by atoms with van der Waals surface area (Å²) < 4.78 is 0. The molecule has 0 saturated heterocycles. The maximum atomic E-state index is 10.4. The second-order valence-corrected chi connectivity index (χ2v) is 3.48. The summed E-state index contributed by atoms with van der Waals surface area (Å²) in [5.41, 5.74) is 4.42. The molecule has 1 rings (SSSR count). The van der Waals surface area contributed by atoms with Crippen molar-refractivity contribution < 1.29 is 9.90 Å². The number of carboxylic acids is 1. The van der Waals surface area contributed by atoms with E-state index in [-0.39, 0.29) is 0 Å². The van der Waals surface area contributed by atoms with Crippen molar-refractivity contribution in [2.75, 3.05) is 0 Å². The first-order valence-corrected chi connectivity index (χ1v) is 4.49. The highest BCUT2D eigenvalue weighted by Crippen LogP contribution is 2.17. The van der Waals surface area contributed by atoms with Crippen molar-refractivity contribution >= 4 is 12.0 Å². The monoisotopic (exact) mass is 190 g/mol. The molecule has 0 bridgehead atoms. The SMILES string of the molecule is Cc1cc(C)c(C=CC(=O)O)c(C)c1. The van der Waals surface area contributed by atoms with Gasteiger partial charge in [-0.1, -0.05) is 17.7 Å². The van der Waals surface area contributed by atoms with E-state index in [0.717, 1.165) is 16.7 Å². The quantitative estimate of drug-likeness (QED) is 0.728. The zero-order valence-electron chi connectivity index (χ0n) is 8.66. The first kappa shape index (κ1) is 10.5. The molecule has 1 aromatic carbocycles. The van der Waals surface area contributed by atoms with Gasteiger partial charge in [0, 0.05) is 6.08 Å². The van der Waals surface area contributed by atoms with Crippen LogP contribution in [0.4, 0.5) is 0 Å². The van der Waals surface area contributed by atoms with Gasteiger partial charge in [0.1, 0.15) is 0 Å². The molecular weight excluding hydrogens is 176 g/mol. The second-order valence-electron chi connectivity index (χ2n) is 3.48. The molecule has 0 unspecified atom stereocenters. The topological polar surface area (TPSA) is 37.3 Å². The number of carbonyl (C=O) groups is 1. The van der Waals surface area contributed by atoms with E-state index in [9.17, 15) is 4.79 Å². The lowest BCUT2D eigenvalue weighted by atomic mass is 9.99. The van der Waals surface area contributed by atoms with Gasteiger partial charge in [0.25, 0.3) is 0 Å². The van der Waals surface area contributed by atoms with Crippen LogP contribution in [0, 0.1) is 20.8 Å². The molecule has 0 heterocycles. The molecule has 0 aliphatic carbocycles. The van der Waals surface area contributed by atoms with Crippen molar-refractivity contribution in [3.8, 4) is 0 Å². The van der Waals surface area contributed by atoms with Crippen LogP contribution in [0.25, 0.3) is 6.08 Å². The molecule has 1 aromatic rings. The highest BCUT2D eigenvalue weighted by Gasteiger charge is 2.00. The molecule has 0 radical (unpaired) electrons. The molecule has 74 valence electrons. The van der Waals surface area contributed by atoms with Gasteiger partial charge in [-0.2, -0.15) is 0 Å². The zero-order valence-corrected chi connectivity index (χ0v) is 8.66. The molecule has 0 aliphatic rings. The van der Waals surface area contributed by atoms with E-state index in [2.05, 4.69) is 12.1 Å². The molecule has 0 fully saturated rings. The van der Waals surface area contributed by atoms with E-state index >= 15 is 0 Å². The summed E-state index contributed by atoms with van der Waals surface area (Å²) in [5, 5.41) is 8.52. The summed E-state index contributed by atoms with van der Waals surface area (Å²) in [6, 6.07) is 4.10. The minimum atomic E-state index is -0.913. The van der Waals surface area contributed by atoms with Crippen molar-refractivity contribution in [2.24, 2.45) is 0 Å². The fourth-order valence-electron chi connectivity index (χ4n) is 1.61. The Balaban J connectivity index is 3.15. The van der Waals surface area contributed by atoms with Crippen molar-refractivity contribution in [1.82, 2.24) is 0 Å². The second kappa shape index (κ2) is 4.09. The molecule has 0 aliphatic heterocycles. The number of benzene rings is 1. The van der Waals surface area contributed by atoms with Crippen LogP contribution < -0.4 is 0 Å². The van der Waals surface area contributed by atoms with Crippen molar-refractivity contribution in [3.63, 3.8) is 0 Å². The van der Waals surface area contributed by atoms with E-state index in [4.69, 9.17) is 5.11 Å². The summed E-state index contributed by atoms with van der Waals surface area (Å²) in [5.74, 6) is -0.913. The number of hydrogen-bond acceptors (Lipinski definition) is 1. The average Bonchev–Trinajstić information content (AvgIpc) is 2.01. The van der Waals surface area contributed by atoms with Gasteiger partial charge < -0.3 is 5.11 Å². The zero-order chi connectivity index (χ0) is 10.7. The molecule has 0 spiro atoms. The lowest BCUT2D eigenvalue weighted by Crippen LogP contribution is -1.91. The standard InChI is InChI=1S/C12H14O2/c1-8-6-9(2)11(10(3)7-8)4-5-12(13)14/h4-7H,1-3H3,(H,13,14). The Labute approximate surface area is 83.9 Å². The van der Waals surface area contributed by atoms with Crippen LogP contribution in [0.1, 0.15) is 22.3 Å². The highest BCUT2D eigenvalue weighted by atomic mass is 16.4. The molecule has 0 amide bonds. The van der Waals surface area contributed by atoms with Gasteiger partial charge in [-0.15, -0.1) is 0 Å². The summed E-state index contributed by atoms with van der Waals surface area (Å²) in [6.07, 6.45) is 2.82. The Morgan fingerprint density at radius 2 is 1.71 bits per heavy atom. The van der Waals surface area contributed by atoms with E-state index in [1.165, 1.54) is 11.6 Å². The average molecular weight is 190 g/mol. The number of hydrogen-bond donors (Lipinski definition) is 1. The number of aliphatic carboxylic acids is 1. The summed E-state index contributed by atoms with van der Waals surface area (Å²) in [4.78, 5) is 10.4. The Bertz CT molecular complexity index is 366. The van der Waals surface area contributed by atoms with Crippen LogP contribution in [0.5, 0.6) is 0 Å². The number of carboxylic acid groups (broad SMARTS) is 1. The third-order valence-electron chi connectivity index (χ3n) is 2.13. The van der Waals surface area contributed by atoms with Crippen molar-refractivity contribution in [2.45, 2.75) is 20.8 Å². The minimum absolute atomic E-state index is 0.913. The maximum Gasteiger partial charge on any atom is 0.328 e. The molecule has 0 aromatic heterocycles. The lowest BCUT2D eigenvalue weighted by molar-refractivity contribution is -0.131. The fraction of sp³-hybridized carbons (Fsp3) is 0.250. The van der Waals surface area contributed by atoms with Gasteiger partial charge in [0.05, 0.1) is 0 Å². The third-order valence-corrected chi connectivity index (χ3v) is 2.13. The molecular formula is C12H14O2. The van der Waals surface area contributed by atoms with Crippen LogP contribution >= 0.6 is 0 Å². The predicted molar refractivity (Wildman–Crippen MR) is 57.3 cm³/mol. The van der Waals surface area contributed by atoms with Gasteiger partial charge >= 0.3 is 5.97 Å². The summed E-state index contributed by atoms with van der Waals surface area (Å²) >= 11 is 0. The van der Waals surface area contributed by atoms with Crippen LogP contribution in [0.2, 0.25) is 0 Å². The Kier molecular flexibility index (Phi) is 3.07. The maximum absolute atomic E-state index is 10.4. The van der Waals surface area contributed by atoms with Gasteiger partial charge in [-0.25, -0.2) is 4.79 Å². The molecule has 1 N–H and O–H groups in total. The van der Waals surface area contributed by atoms with Crippen LogP contribution in [-0.4, -0.2) is 11.1 Å². The van der Waals surface area contributed by atoms with Gasteiger partial charge in [0.2, 0.25) is 0 Å². The van der Waals surface area contributed by atoms with E-state index < -0.39 is 5.97 Å².